The second-order valence-electron chi connectivity index (χ2n) is 6.03. The van der Waals surface area contributed by atoms with Crippen LogP contribution in [0.1, 0.15) is 44.2 Å². The molecular formula is C19H17ClN2O2S. The van der Waals surface area contributed by atoms with Crippen molar-refractivity contribution in [3.63, 3.8) is 0 Å². The first-order valence-electron chi connectivity index (χ1n) is 8.08. The average Bonchev–Trinajstić information content (AvgIpc) is 3.02. The molecule has 25 heavy (non-hydrogen) atoms. The fourth-order valence-electron chi connectivity index (χ4n) is 3.23. The SMILES string of the molecule is Cc1sc(C(O)c2cncnc2Cl)cc1[C@@H]1OCCc2ccccc21. The number of halogens is 1. The van der Waals surface area contributed by atoms with Crippen molar-refractivity contribution in [2.24, 2.45) is 0 Å². The summed E-state index contributed by atoms with van der Waals surface area (Å²) in [7, 11) is 0. The van der Waals surface area contributed by atoms with Crippen molar-refractivity contribution < 1.29 is 9.84 Å². The fraction of sp³-hybridized carbons (Fsp3) is 0.263. The molecule has 0 amide bonds. The third-order valence-electron chi connectivity index (χ3n) is 4.50. The predicted octanol–water partition coefficient (Wildman–Crippen LogP) is 4.24. The summed E-state index contributed by atoms with van der Waals surface area (Å²) >= 11 is 7.65. The Labute approximate surface area is 155 Å². The van der Waals surface area contributed by atoms with Crippen molar-refractivity contribution in [2.75, 3.05) is 6.61 Å². The van der Waals surface area contributed by atoms with Gasteiger partial charge >= 0.3 is 0 Å². The average molecular weight is 373 g/mol. The number of aliphatic hydroxyl groups excluding tert-OH is 1. The quantitative estimate of drug-likeness (QED) is 0.698. The van der Waals surface area contributed by atoms with E-state index in [9.17, 15) is 5.11 Å². The first-order chi connectivity index (χ1) is 12.1. The molecule has 3 heterocycles. The molecule has 6 heteroatoms. The minimum atomic E-state index is -0.843. The highest BCUT2D eigenvalue weighted by Gasteiger charge is 2.27. The van der Waals surface area contributed by atoms with Gasteiger partial charge in [0.05, 0.1) is 6.61 Å². The van der Waals surface area contributed by atoms with Crippen molar-refractivity contribution >= 4 is 22.9 Å². The van der Waals surface area contributed by atoms with Crippen LogP contribution in [0.15, 0.2) is 42.9 Å². The van der Waals surface area contributed by atoms with Crippen LogP contribution in [-0.2, 0) is 11.2 Å². The summed E-state index contributed by atoms with van der Waals surface area (Å²) in [6.45, 7) is 2.76. The molecule has 1 N–H and O–H groups in total. The number of benzene rings is 1. The van der Waals surface area contributed by atoms with Crippen molar-refractivity contribution in [2.45, 2.75) is 25.6 Å². The number of fused-ring (bicyclic) bond motifs is 1. The van der Waals surface area contributed by atoms with Gasteiger partial charge in [0.15, 0.2) is 0 Å². The summed E-state index contributed by atoms with van der Waals surface area (Å²) in [5.41, 5.74) is 4.14. The largest absolute Gasteiger partial charge is 0.383 e. The van der Waals surface area contributed by atoms with E-state index in [-0.39, 0.29) is 11.3 Å². The predicted molar refractivity (Wildman–Crippen MR) is 98.1 cm³/mol. The lowest BCUT2D eigenvalue weighted by Crippen LogP contribution is -2.17. The zero-order chi connectivity index (χ0) is 17.4. The van der Waals surface area contributed by atoms with E-state index < -0.39 is 6.10 Å². The topological polar surface area (TPSA) is 55.2 Å². The normalized spacial score (nSPS) is 18.0. The van der Waals surface area contributed by atoms with Gasteiger partial charge in [-0.15, -0.1) is 11.3 Å². The third kappa shape index (κ3) is 3.09. The van der Waals surface area contributed by atoms with Gasteiger partial charge in [0.25, 0.3) is 0 Å². The molecule has 0 spiro atoms. The molecule has 0 fully saturated rings. The zero-order valence-electron chi connectivity index (χ0n) is 13.6. The lowest BCUT2D eigenvalue weighted by atomic mass is 9.93. The molecule has 2 atom stereocenters. The smallest absolute Gasteiger partial charge is 0.138 e. The minimum absolute atomic E-state index is 0.0929. The fourth-order valence-corrected chi connectivity index (χ4v) is 4.49. The number of nitrogens with zero attached hydrogens (tertiary/aromatic N) is 2. The Kier molecular flexibility index (Phi) is 4.56. The van der Waals surface area contributed by atoms with Gasteiger partial charge < -0.3 is 9.84 Å². The van der Waals surface area contributed by atoms with Gasteiger partial charge in [0.1, 0.15) is 23.7 Å². The Bertz CT molecular complexity index is 912. The zero-order valence-corrected chi connectivity index (χ0v) is 15.2. The van der Waals surface area contributed by atoms with E-state index in [0.29, 0.717) is 12.2 Å². The molecule has 1 unspecified atom stereocenters. The van der Waals surface area contributed by atoms with Gasteiger partial charge in [0, 0.05) is 21.5 Å². The Balaban J connectivity index is 1.71. The molecule has 0 aliphatic carbocycles. The number of hydrogen-bond donors (Lipinski definition) is 1. The summed E-state index contributed by atoms with van der Waals surface area (Å²) in [6.07, 6.45) is 2.93. The second-order valence-corrected chi connectivity index (χ2v) is 7.68. The Morgan fingerprint density at radius 3 is 3.00 bits per heavy atom. The van der Waals surface area contributed by atoms with E-state index in [1.165, 1.54) is 17.5 Å². The molecule has 1 aliphatic heterocycles. The van der Waals surface area contributed by atoms with Crippen LogP contribution in [-0.4, -0.2) is 21.7 Å². The third-order valence-corrected chi connectivity index (χ3v) is 5.94. The molecule has 1 aromatic carbocycles. The van der Waals surface area contributed by atoms with Crippen LogP contribution in [0, 0.1) is 6.92 Å². The summed E-state index contributed by atoms with van der Waals surface area (Å²) in [5, 5.41) is 11.0. The van der Waals surface area contributed by atoms with Crippen LogP contribution in [0.2, 0.25) is 5.15 Å². The molecule has 1 aliphatic rings. The summed E-state index contributed by atoms with van der Waals surface area (Å²) in [4.78, 5) is 9.86. The molecule has 4 rings (SSSR count). The van der Waals surface area contributed by atoms with Gasteiger partial charge in [-0.1, -0.05) is 35.9 Å². The number of aromatic nitrogens is 2. The highest BCUT2D eigenvalue weighted by molar-refractivity contribution is 7.12. The van der Waals surface area contributed by atoms with E-state index in [4.69, 9.17) is 16.3 Å². The van der Waals surface area contributed by atoms with E-state index in [2.05, 4.69) is 35.1 Å². The first kappa shape index (κ1) is 16.7. The molecule has 2 aromatic heterocycles. The maximum absolute atomic E-state index is 10.7. The Morgan fingerprint density at radius 2 is 2.16 bits per heavy atom. The number of hydrogen-bond acceptors (Lipinski definition) is 5. The number of aryl methyl sites for hydroxylation is 1. The highest BCUT2D eigenvalue weighted by Crippen LogP contribution is 2.40. The van der Waals surface area contributed by atoms with Crippen LogP contribution in [0.5, 0.6) is 0 Å². The molecule has 0 saturated heterocycles. The van der Waals surface area contributed by atoms with Crippen molar-refractivity contribution in [1.29, 1.82) is 0 Å². The van der Waals surface area contributed by atoms with Crippen LogP contribution in [0.25, 0.3) is 0 Å². The summed E-state index contributed by atoms with van der Waals surface area (Å²) in [5.74, 6) is 0. The molecule has 0 saturated carbocycles. The van der Waals surface area contributed by atoms with E-state index in [0.717, 1.165) is 21.7 Å². The van der Waals surface area contributed by atoms with Gasteiger partial charge in [-0.2, -0.15) is 0 Å². The standard InChI is InChI=1S/C19H17ClN2O2S/c1-11-14(18-13-5-3-2-4-12(13)6-7-24-18)8-16(25-11)17(23)15-9-21-10-22-19(15)20/h2-5,8-10,17-18,23H,6-7H2,1H3/t17?,18-/m1/s1. The molecule has 0 bridgehead atoms. The monoisotopic (exact) mass is 372 g/mol. The van der Waals surface area contributed by atoms with Crippen LogP contribution in [0.3, 0.4) is 0 Å². The van der Waals surface area contributed by atoms with Gasteiger partial charge in [-0.25, -0.2) is 9.97 Å². The van der Waals surface area contributed by atoms with Gasteiger partial charge in [-0.05, 0) is 36.1 Å². The number of thiophene rings is 1. The van der Waals surface area contributed by atoms with Crippen LogP contribution in [0.4, 0.5) is 0 Å². The van der Waals surface area contributed by atoms with Crippen LogP contribution >= 0.6 is 22.9 Å². The first-order valence-corrected chi connectivity index (χ1v) is 9.27. The lowest BCUT2D eigenvalue weighted by Gasteiger charge is -2.26. The van der Waals surface area contributed by atoms with Crippen molar-refractivity contribution in [1.82, 2.24) is 9.97 Å². The number of rotatable bonds is 3. The maximum Gasteiger partial charge on any atom is 0.138 e. The maximum atomic E-state index is 10.7. The number of ether oxygens (including phenoxy) is 1. The summed E-state index contributed by atoms with van der Waals surface area (Å²) < 4.78 is 6.07. The second kappa shape index (κ2) is 6.84. The van der Waals surface area contributed by atoms with Gasteiger partial charge in [-0.3, -0.25) is 0 Å². The van der Waals surface area contributed by atoms with E-state index in [1.54, 1.807) is 17.5 Å². The minimum Gasteiger partial charge on any atom is -0.383 e. The van der Waals surface area contributed by atoms with Crippen molar-refractivity contribution in [3.05, 3.63) is 80.0 Å². The van der Waals surface area contributed by atoms with Crippen molar-refractivity contribution in [3.8, 4) is 0 Å². The Hall–Kier alpha value is -1.79. The summed E-state index contributed by atoms with van der Waals surface area (Å²) in [6, 6.07) is 10.4. The molecule has 3 aromatic rings. The molecule has 4 nitrogen and oxygen atoms in total. The number of aliphatic hydroxyl groups is 1. The Morgan fingerprint density at radius 1 is 1.32 bits per heavy atom. The van der Waals surface area contributed by atoms with Crippen LogP contribution < -0.4 is 0 Å². The molecular weight excluding hydrogens is 356 g/mol. The highest BCUT2D eigenvalue weighted by atomic mass is 35.5. The van der Waals surface area contributed by atoms with E-state index >= 15 is 0 Å². The van der Waals surface area contributed by atoms with E-state index in [1.807, 2.05) is 12.1 Å². The molecule has 128 valence electrons. The molecule has 0 radical (unpaired) electrons. The lowest BCUT2D eigenvalue weighted by molar-refractivity contribution is 0.0697. The van der Waals surface area contributed by atoms with Gasteiger partial charge in [0.2, 0.25) is 0 Å².